The minimum Gasteiger partial charge on any atom is -0.480 e. The summed E-state index contributed by atoms with van der Waals surface area (Å²) in [5.74, 6) is -1.38. The second-order valence-corrected chi connectivity index (χ2v) is 5.91. The number of sulfonamides is 1. The summed E-state index contributed by atoms with van der Waals surface area (Å²) in [4.78, 5) is 10.6. The molecule has 0 aromatic heterocycles. The third-order valence-electron chi connectivity index (χ3n) is 2.62. The van der Waals surface area contributed by atoms with Gasteiger partial charge >= 0.3 is 5.97 Å². The summed E-state index contributed by atoms with van der Waals surface area (Å²) < 4.78 is 25.5. The molecular weight excluding hydrogens is 256 g/mol. The van der Waals surface area contributed by atoms with E-state index in [0.29, 0.717) is 6.54 Å². The molecule has 7 heteroatoms. The summed E-state index contributed by atoms with van der Waals surface area (Å²) >= 11 is 0. The van der Waals surface area contributed by atoms with Gasteiger partial charge in [0, 0.05) is 13.1 Å². The molecule has 0 spiro atoms. The Morgan fingerprint density at radius 3 is 2.44 bits per heavy atom. The summed E-state index contributed by atoms with van der Waals surface area (Å²) in [7, 11) is -3.87. The largest absolute Gasteiger partial charge is 0.480 e. The van der Waals surface area contributed by atoms with Crippen molar-refractivity contribution in [1.29, 1.82) is 0 Å². The molecule has 0 amide bonds. The average Bonchev–Trinajstić information content (AvgIpc) is 2.35. The molecule has 6 nitrogen and oxygen atoms in total. The van der Waals surface area contributed by atoms with Crippen molar-refractivity contribution in [2.45, 2.75) is 25.3 Å². The first-order valence-electron chi connectivity index (χ1n) is 5.36. The van der Waals surface area contributed by atoms with Gasteiger partial charge in [-0.05, 0) is 18.1 Å². The normalized spacial score (nSPS) is 13.2. The summed E-state index contributed by atoms with van der Waals surface area (Å²) in [6.45, 7) is 1.46. The van der Waals surface area contributed by atoms with E-state index in [1.54, 1.807) is 24.3 Å². The van der Waals surface area contributed by atoms with Gasteiger partial charge in [-0.25, -0.2) is 13.1 Å². The van der Waals surface area contributed by atoms with Gasteiger partial charge < -0.3 is 10.8 Å². The third-order valence-corrected chi connectivity index (χ3v) is 4.29. The van der Waals surface area contributed by atoms with Crippen LogP contribution in [0.25, 0.3) is 0 Å². The van der Waals surface area contributed by atoms with Crippen molar-refractivity contribution in [3.63, 3.8) is 0 Å². The van der Waals surface area contributed by atoms with Gasteiger partial charge in [0.05, 0.1) is 0 Å². The minimum atomic E-state index is -3.87. The predicted octanol–water partition coefficient (Wildman–Crippen LogP) is 0.0378. The van der Waals surface area contributed by atoms with Gasteiger partial charge in [0.1, 0.15) is 0 Å². The number of hydrogen-bond acceptors (Lipinski definition) is 4. The molecule has 0 saturated heterocycles. The van der Waals surface area contributed by atoms with Crippen LogP contribution in [0.15, 0.2) is 24.3 Å². The quantitative estimate of drug-likeness (QED) is 0.677. The van der Waals surface area contributed by atoms with Crippen LogP contribution in [0.1, 0.15) is 18.1 Å². The SMILES string of the molecule is CC(C(=O)O)S(=O)(=O)NCc1ccccc1CN. The second-order valence-electron chi connectivity index (χ2n) is 3.82. The first-order valence-corrected chi connectivity index (χ1v) is 6.91. The first kappa shape index (κ1) is 14.6. The summed E-state index contributed by atoms with van der Waals surface area (Å²) in [6.07, 6.45) is 0. The highest BCUT2D eigenvalue weighted by atomic mass is 32.2. The molecule has 0 saturated carbocycles. The molecule has 0 radical (unpaired) electrons. The maximum atomic E-state index is 11.6. The van der Waals surface area contributed by atoms with E-state index in [1.807, 2.05) is 0 Å². The number of rotatable bonds is 6. The van der Waals surface area contributed by atoms with Crippen molar-refractivity contribution in [2.24, 2.45) is 5.73 Å². The molecule has 1 rings (SSSR count). The van der Waals surface area contributed by atoms with Crippen LogP contribution < -0.4 is 10.5 Å². The number of nitrogens with two attached hydrogens (primary N) is 1. The Kier molecular flexibility index (Phi) is 4.83. The van der Waals surface area contributed by atoms with Gasteiger partial charge in [-0.3, -0.25) is 4.79 Å². The molecule has 0 fully saturated rings. The Morgan fingerprint density at radius 2 is 1.94 bits per heavy atom. The summed E-state index contributed by atoms with van der Waals surface area (Å²) in [5, 5.41) is 7.19. The first-order chi connectivity index (χ1) is 8.38. The number of benzene rings is 1. The highest BCUT2D eigenvalue weighted by Gasteiger charge is 2.27. The molecule has 1 unspecified atom stereocenters. The van der Waals surface area contributed by atoms with Crippen molar-refractivity contribution in [3.05, 3.63) is 35.4 Å². The van der Waals surface area contributed by atoms with E-state index in [1.165, 1.54) is 0 Å². The van der Waals surface area contributed by atoms with E-state index in [2.05, 4.69) is 4.72 Å². The topological polar surface area (TPSA) is 109 Å². The molecule has 0 aliphatic rings. The number of carbonyl (C=O) groups is 1. The molecule has 0 aliphatic heterocycles. The van der Waals surface area contributed by atoms with E-state index < -0.39 is 21.2 Å². The zero-order valence-corrected chi connectivity index (χ0v) is 10.8. The predicted molar refractivity (Wildman–Crippen MR) is 67.2 cm³/mol. The van der Waals surface area contributed by atoms with E-state index in [9.17, 15) is 13.2 Å². The molecule has 0 heterocycles. The fourth-order valence-corrected chi connectivity index (χ4v) is 2.24. The molecule has 1 aromatic rings. The molecule has 4 N–H and O–H groups in total. The smallest absolute Gasteiger partial charge is 0.323 e. The van der Waals surface area contributed by atoms with Crippen molar-refractivity contribution in [2.75, 3.05) is 0 Å². The maximum absolute atomic E-state index is 11.6. The highest BCUT2D eigenvalue weighted by molar-refractivity contribution is 7.90. The molecule has 100 valence electrons. The lowest BCUT2D eigenvalue weighted by Crippen LogP contribution is -2.37. The van der Waals surface area contributed by atoms with Crippen molar-refractivity contribution in [3.8, 4) is 0 Å². The standard InChI is InChI=1S/C11H16N2O4S/c1-8(11(14)15)18(16,17)13-7-10-5-3-2-4-9(10)6-12/h2-5,8,13H,6-7,12H2,1H3,(H,14,15). The number of nitrogens with one attached hydrogen (secondary N) is 1. The van der Waals surface area contributed by atoms with Gasteiger partial charge in [0.2, 0.25) is 10.0 Å². The Hall–Kier alpha value is -1.44. The summed E-state index contributed by atoms with van der Waals surface area (Å²) in [6, 6.07) is 7.11. The molecule has 1 aromatic carbocycles. The van der Waals surface area contributed by atoms with E-state index in [0.717, 1.165) is 18.1 Å². The third kappa shape index (κ3) is 3.52. The average molecular weight is 272 g/mol. The van der Waals surface area contributed by atoms with E-state index in [4.69, 9.17) is 10.8 Å². The number of hydrogen-bond donors (Lipinski definition) is 3. The van der Waals surface area contributed by atoms with Crippen LogP contribution >= 0.6 is 0 Å². The fourth-order valence-electron chi connectivity index (χ4n) is 1.37. The second kappa shape index (κ2) is 5.94. The molecular formula is C11H16N2O4S. The van der Waals surface area contributed by atoms with Gasteiger partial charge in [-0.15, -0.1) is 0 Å². The van der Waals surface area contributed by atoms with Gasteiger partial charge in [-0.2, -0.15) is 0 Å². The zero-order valence-electron chi connectivity index (χ0n) is 9.96. The number of carboxylic acids is 1. The van der Waals surface area contributed by atoms with Crippen LogP contribution in [0, 0.1) is 0 Å². The van der Waals surface area contributed by atoms with Crippen LogP contribution in [0.3, 0.4) is 0 Å². The number of carboxylic acid groups (broad SMARTS) is 1. The monoisotopic (exact) mass is 272 g/mol. The van der Waals surface area contributed by atoms with Gasteiger partial charge in [0.25, 0.3) is 0 Å². The lowest BCUT2D eigenvalue weighted by Gasteiger charge is -2.12. The Labute approximate surface area is 106 Å². The Balaban J connectivity index is 2.79. The van der Waals surface area contributed by atoms with Crippen molar-refractivity contribution >= 4 is 16.0 Å². The molecule has 1 atom stereocenters. The summed E-state index contributed by atoms with van der Waals surface area (Å²) in [5.41, 5.74) is 7.09. The molecule has 18 heavy (non-hydrogen) atoms. The Morgan fingerprint density at radius 1 is 1.39 bits per heavy atom. The van der Waals surface area contributed by atoms with Crippen molar-refractivity contribution in [1.82, 2.24) is 4.72 Å². The number of aliphatic carboxylic acids is 1. The lowest BCUT2D eigenvalue weighted by atomic mass is 10.1. The maximum Gasteiger partial charge on any atom is 0.323 e. The van der Waals surface area contributed by atoms with Crippen LogP contribution in [-0.4, -0.2) is 24.7 Å². The highest BCUT2D eigenvalue weighted by Crippen LogP contribution is 2.09. The molecule has 0 bridgehead atoms. The van der Waals surface area contributed by atoms with E-state index >= 15 is 0 Å². The van der Waals surface area contributed by atoms with Crippen LogP contribution in [-0.2, 0) is 27.9 Å². The van der Waals surface area contributed by atoms with Crippen molar-refractivity contribution < 1.29 is 18.3 Å². The zero-order chi connectivity index (χ0) is 13.8. The van der Waals surface area contributed by atoms with E-state index in [-0.39, 0.29) is 6.54 Å². The lowest BCUT2D eigenvalue weighted by molar-refractivity contribution is -0.136. The van der Waals surface area contributed by atoms with Crippen LogP contribution in [0.4, 0.5) is 0 Å². The van der Waals surface area contributed by atoms with Crippen LogP contribution in [0.2, 0.25) is 0 Å². The molecule has 0 aliphatic carbocycles. The minimum absolute atomic E-state index is 0.0350. The fraction of sp³-hybridized carbons (Fsp3) is 0.364. The Bertz CT molecular complexity index is 528. The van der Waals surface area contributed by atoms with Gasteiger partial charge in [0.15, 0.2) is 5.25 Å². The van der Waals surface area contributed by atoms with Gasteiger partial charge in [-0.1, -0.05) is 24.3 Å². The van der Waals surface area contributed by atoms with Crippen LogP contribution in [0.5, 0.6) is 0 Å².